The molecule has 1 aliphatic rings. The lowest BCUT2D eigenvalue weighted by Gasteiger charge is -2.18. The second kappa shape index (κ2) is 4.34. The van der Waals surface area contributed by atoms with E-state index in [2.05, 4.69) is 4.40 Å². The van der Waals surface area contributed by atoms with Crippen molar-refractivity contribution in [2.45, 2.75) is 0 Å². The summed E-state index contributed by atoms with van der Waals surface area (Å²) >= 11 is -1.92. The molecule has 1 aliphatic heterocycles. The van der Waals surface area contributed by atoms with E-state index in [9.17, 15) is 4.55 Å². The maximum atomic E-state index is 10.4. The highest BCUT2D eigenvalue weighted by molar-refractivity contribution is 7.71. The molecule has 0 N–H and O–H groups in total. The quantitative estimate of drug-likeness (QED) is 0.413. The number of ether oxygens (including phenoxy) is 2. The molecule has 1 aromatic carbocycles. The van der Waals surface area contributed by atoms with E-state index in [1.54, 1.807) is 18.2 Å². The van der Waals surface area contributed by atoms with Crippen LogP contribution in [0.25, 0.3) is 0 Å². The fraction of sp³-hybridized carbons (Fsp3) is 0.222. The summed E-state index contributed by atoms with van der Waals surface area (Å²) in [5.74, 6) is 1.35. The van der Waals surface area contributed by atoms with Gasteiger partial charge in [0.15, 0.2) is 11.5 Å². The molecule has 0 saturated heterocycles. The number of hydrogen-bond donors (Lipinski definition) is 0. The second-order valence-electron chi connectivity index (χ2n) is 2.71. The Labute approximate surface area is 87.0 Å². The molecule has 4 nitrogen and oxygen atoms in total. The van der Waals surface area contributed by atoms with Crippen molar-refractivity contribution in [2.24, 2.45) is 4.40 Å². The summed E-state index contributed by atoms with van der Waals surface area (Å²) in [4.78, 5) is 0. The van der Waals surface area contributed by atoms with Gasteiger partial charge in [-0.25, -0.2) is 0 Å². The van der Waals surface area contributed by atoms with Gasteiger partial charge in [-0.2, -0.15) is 0 Å². The highest BCUT2D eigenvalue weighted by Gasteiger charge is 2.10. The summed E-state index contributed by atoms with van der Waals surface area (Å²) in [6.07, 6.45) is 1.38. The van der Waals surface area contributed by atoms with E-state index in [0.717, 1.165) is 5.56 Å². The van der Waals surface area contributed by atoms with Gasteiger partial charge in [0.05, 0.1) is 18.3 Å². The van der Waals surface area contributed by atoms with E-state index in [1.807, 2.05) is 0 Å². The van der Waals surface area contributed by atoms with Crippen LogP contribution in [0.3, 0.4) is 0 Å². The first-order valence-electron chi connectivity index (χ1n) is 4.53. The smallest absolute Gasteiger partial charge is 0.392 e. The lowest BCUT2D eigenvalue weighted by Crippen LogP contribution is -2.15. The summed E-state index contributed by atoms with van der Waals surface area (Å²) in [7, 11) is 0. The fourth-order valence-corrected chi connectivity index (χ4v) is 1.39. The average molecular weight is 213 g/mol. The van der Waals surface area contributed by atoms with Gasteiger partial charge in [-0.3, -0.25) is 0 Å². The van der Waals surface area contributed by atoms with Gasteiger partial charge in [-0.15, -0.1) is 0 Å². The van der Waals surface area contributed by atoms with Crippen molar-refractivity contribution < 1.29 is 14.0 Å². The summed E-state index contributed by atoms with van der Waals surface area (Å²) < 4.78 is 31.3. The summed E-state index contributed by atoms with van der Waals surface area (Å²) in [6.45, 7) is 1.08. The number of rotatable bonds is 2. The maximum absolute atomic E-state index is 10.4. The number of benzene rings is 1. The Kier molecular flexibility index (Phi) is 2.52. The molecule has 2 rings (SSSR count). The number of nitrogens with zero attached hydrogens (tertiary/aromatic N) is 1. The van der Waals surface area contributed by atoms with Gasteiger partial charge in [0.1, 0.15) is 13.2 Å². The first kappa shape index (κ1) is 8.14. The van der Waals surface area contributed by atoms with Gasteiger partial charge in [-0.05, 0) is 18.2 Å². The SMILES string of the molecule is [3H][S+]([O-])N=Cc1ccc2c(c1)OCCO2. The van der Waals surface area contributed by atoms with E-state index >= 15 is 0 Å². The van der Waals surface area contributed by atoms with Crippen LogP contribution in [0.5, 0.6) is 11.5 Å². The third-order valence-corrected chi connectivity index (χ3v) is 2.00. The molecule has 1 unspecified atom stereocenters. The van der Waals surface area contributed by atoms with Crippen molar-refractivity contribution in [1.29, 1.82) is 1.12 Å². The molecule has 0 aromatic heterocycles. The Bertz CT molecular complexity index is 384. The number of hydrogen-bond acceptors (Lipinski definition) is 4. The number of fused-ring (bicyclic) bond motifs is 1. The Hall–Kier alpha value is -1.20. The van der Waals surface area contributed by atoms with E-state index < -0.39 is 12.1 Å². The highest BCUT2D eigenvalue weighted by atomic mass is 32.2. The molecule has 14 heavy (non-hydrogen) atoms. The van der Waals surface area contributed by atoms with E-state index in [4.69, 9.17) is 10.6 Å². The zero-order valence-corrected chi connectivity index (χ0v) is 8.12. The molecule has 0 bridgehead atoms. The van der Waals surface area contributed by atoms with Gasteiger partial charge in [-0.1, -0.05) is 4.40 Å². The van der Waals surface area contributed by atoms with Gasteiger partial charge in [0, 0.05) is 5.56 Å². The van der Waals surface area contributed by atoms with Crippen LogP contribution in [0.1, 0.15) is 5.56 Å². The van der Waals surface area contributed by atoms with Gasteiger partial charge in [0.2, 0.25) is 0 Å². The Balaban J connectivity index is 2.20. The van der Waals surface area contributed by atoms with Crippen LogP contribution in [0.4, 0.5) is 0 Å². The van der Waals surface area contributed by atoms with Crippen LogP contribution in [0.15, 0.2) is 22.6 Å². The van der Waals surface area contributed by atoms with E-state index in [-0.39, 0.29) is 0 Å². The van der Waals surface area contributed by atoms with Crippen LogP contribution in [0.2, 0.25) is 0 Å². The Morgan fingerprint density at radius 2 is 2.21 bits per heavy atom. The summed E-state index contributed by atoms with van der Waals surface area (Å²) in [6, 6.07) is 5.28. The maximum Gasteiger partial charge on any atom is 0.392 e. The zero-order valence-electron chi connectivity index (χ0n) is 8.30. The topological polar surface area (TPSA) is 53.9 Å². The molecular weight excluding hydrogens is 202 g/mol. The molecule has 0 saturated carbocycles. The van der Waals surface area contributed by atoms with Crippen LogP contribution in [-0.4, -0.2) is 25.1 Å². The molecule has 0 fully saturated rings. The van der Waals surface area contributed by atoms with Crippen molar-refractivity contribution >= 4 is 18.3 Å². The van der Waals surface area contributed by atoms with E-state index in [0.29, 0.717) is 24.7 Å². The van der Waals surface area contributed by atoms with Crippen LogP contribution in [0, 0.1) is 0 Å². The van der Waals surface area contributed by atoms with Crippen LogP contribution >= 0.6 is 0 Å². The molecule has 0 aliphatic carbocycles. The van der Waals surface area contributed by atoms with Gasteiger partial charge >= 0.3 is 1.12 Å². The van der Waals surface area contributed by atoms with Crippen molar-refractivity contribution in [2.75, 3.05) is 13.2 Å². The first-order chi connectivity index (χ1) is 7.25. The molecule has 74 valence electrons. The van der Waals surface area contributed by atoms with Crippen LogP contribution < -0.4 is 9.47 Å². The molecular formula is C9H9NO3S. The van der Waals surface area contributed by atoms with Crippen molar-refractivity contribution in [3.8, 4) is 11.5 Å². The van der Waals surface area contributed by atoms with Gasteiger partial charge < -0.3 is 14.0 Å². The van der Waals surface area contributed by atoms with E-state index in [1.165, 1.54) is 6.21 Å². The number of thiol groups is 1. The van der Waals surface area contributed by atoms with Gasteiger partial charge in [0.25, 0.3) is 0 Å². The lowest BCUT2D eigenvalue weighted by atomic mass is 10.2. The minimum absolute atomic E-state index is 0.526. The minimum atomic E-state index is -1.92. The predicted molar refractivity (Wildman–Crippen MR) is 54.6 cm³/mol. The normalized spacial score (nSPS) is 17.9. The first-order valence-corrected chi connectivity index (χ1v) is 4.82. The predicted octanol–water partition coefficient (Wildman–Crippen LogP) is 0.737. The molecule has 0 spiro atoms. The molecule has 0 amide bonds. The molecule has 1 aromatic rings. The lowest BCUT2D eigenvalue weighted by molar-refractivity contribution is 0.171. The summed E-state index contributed by atoms with van der Waals surface area (Å²) in [5.41, 5.74) is 0.736. The second-order valence-corrected chi connectivity index (χ2v) is 3.07. The monoisotopic (exact) mass is 213 g/mol. The third-order valence-electron chi connectivity index (χ3n) is 1.81. The largest absolute Gasteiger partial charge is 0.593 e. The highest BCUT2D eigenvalue weighted by Crippen LogP contribution is 2.30. The minimum Gasteiger partial charge on any atom is -0.593 e. The third kappa shape index (κ3) is 2.00. The fourth-order valence-electron chi connectivity index (χ4n) is 1.22. The standard InChI is InChI=1S/C9H9NO3S/c11-14-10-6-7-1-2-8-9(5-7)13-4-3-12-8/h1-2,5-6,14H,3-4H2/i14T. The average Bonchev–Trinajstić information content (AvgIpc) is 2.26. The zero-order chi connectivity index (χ0) is 10.7. The molecule has 5 heteroatoms. The molecule has 1 atom stereocenters. The molecule has 0 radical (unpaired) electrons. The van der Waals surface area contributed by atoms with Crippen molar-refractivity contribution in [3.05, 3.63) is 23.8 Å². The van der Waals surface area contributed by atoms with Crippen molar-refractivity contribution in [3.63, 3.8) is 0 Å². The van der Waals surface area contributed by atoms with Crippen molar-refractivity contribution in [1.82, 2.24) is 0 Å². The molecule has 1 heterocycles. The van der Waals surface area contributed by atoms with Crippen LogP contribution in [-0.2, 0) is 12.1 Å². The Morgan fingerprint density at radius 1 is 1.43 bits per heavy atom. The summed E-state index contributed by atoms with van der Waals surface area (Å²) in [5, 5.41) is 0. The Morgan fingerprint density at radius 3 is 3.00 bits per heavy atom.